The summed E-state index contributed by atoms with van der Waals surface area (Å²) in [5.74, 6) is -1.12. The van der Waals surface area contributed by atoms with Crippen LogP contribution in [-0.2, 0) is 16.1 Å². The minimum absolute atomic E-state index is 0.211. The number of hydrogen-bond acceptors (Lipinski definition) is 5. The number of hydrogen-bond donors (Lipinski definition) is 2. The highest BCUT2D eigenvalue weighted by Crippen LogP contribution is 2.37. The largest absolute Gasteiger partial charge is 0.480 e. The van der Waals surface area contributed by atoms with Crippen LogP contribution in [0.4, 0.5) is 5.69 Å². The van der Waals surface area contributed by atoms with Gasteiger partial charge >= 0.3 is 5.97 Å². The van der Waals surface area contributed by atoms with Crippen molar-refractivity contribution in [2.75, 3.05) is 38.2 Å². The maximum atomic E-state index is 13.3. The number of nitrogens with one attached hydrogen (secondary N) is 1. The zero-order valence-electron chi connectivity index (χ0n) is 18.9. The van der Waals surface area contributed by atoms with Crippen molar-refractivity contribution in [2.45, 2.75) is 30.0 Å². The summed E-state index contributed by atoms with van der Waals surface area (Å²) in [6.45, 7) is 8.36. The lowest BCUT2D eigenvalue weighted by Gasteiger charge is -2.26. The summed E-state index contributed by atoms with van der Waals surface area (Å²) in [6, 6.07) is 15.2. The van der Waals surface area contributed by atoms with E-state index in [0.29, 0.717) is 16.1 Å². The van der Waals surface area contributed by atoms with Gasteiger partial charge in [-0.25, -0.2) is 0 Å². The third-order valence-corrected chi connectivity index (χ3v) is 7.07. The van der Waals surface area contributed by atoms with E-state index in [4.69, 9.17) is 4.74 Å². The second kappa shape index (κ2) is 9.99. The van der Waals surface area contributed by atoms with Crippen molar-refractivity contribution in [3.05, 3.63) is 60.3 Å². The Bertz CT molecular complexity index is 1150. The number of para-hydroxylation sites is 2. The van der Waals surface area contributed by atoms with Crippen molar-refractivity contribution < 1.29 is 19.4 Å². The van der Waals surface area contributed by atoms with E-state index >= 15 is 0 Å². The highest BCUT2D eigenvalue weighted by atomic mass is 32.2. The number of ether oxygens (including phenoxy) is 1. The van der Waals surface area contributed by atoms with Crippen molar-refractivity contribution in [1.82, 2.24) is 9.47 Å². The van der Waals surface area contributed by atoms with Gasteiger partial charge in [0.05, 0.1) is 24.5 Å². The summed E-state index contributed by atoms with van der Waals surface area (Å²) in [5, 5.41) is 13.4. The minimum Gasteiger partial charge on any atom is -0.480 e. The van der Waals surface area contributed by atoms with Gasteiger partial charge in [0.25, 0.3) is 5.91 Å². The lowest BCUT2D eigenvalue weighted by Crippen LogP contribution is -2.38. The van der Waals surface area contributed by atoms with Crippen LogP contribution in [0.2, 0.25) is 0 Å². The zero-order valence-corrected chi connectivity index (χ0v) is 19.7. The molecule has 33 heavy (non-hydrogen) atoms. The van der Waals surface area contributed by atoms with Gasteiger partial charge in [0.15, 0.2) is 0 Å². The average Bonchev–Trinajstić information content (AvgIpc) is 3.18. The molecular formula is C25H29N3O4S. The first-order valence-corrected chi connectivity index (χ1v) is 11.9. The Balaban J connectivity index is 1.56. The quantitative estimate of drug-likeness (QED) is 0.484. The van der Waals surface area contributed by atoms with E-state index in [9.17, 15) is 14.7 Å². The molecule has 0 radical (unpaired) electrons. The number of amides is 1. The SMILES string of the molecule is CC(C)(Sc1ccccc1NC(=O)c1cn(CCN2CCOCC2)c2ccccc12)C(=O)O. The summed E-state index contributed by atoms with van der Waals surface area (Å²) in [5.41, 5.74) is 2.22. The smallest absolute Gasteiger partial charge is 0.319 e. The van der Waals surface area contributed by atoms with Crippen LogP contribution in [0.3, 0.4) is 0 Å². The van der Waals surface area contributed by atoms with E-state index in [2.05, 4.69) is 14.8 Å². The predicted octanol–water partition coefficient (Wildman–Crippen LogP) is 4.18. The van der Waals surface area contributed by atoms with Crippen molar-refractivity contribution in [3.63, 3.8) is 0 Å². The molecule has 0 aliphatic carbocycles. The monoisotopic (exact) mass is 467 g/mol. The van der Waals surface area contributed by atoms with Gasteiger partial charge in [-0.1, -0.05) is 30.3 Å². The molecule has 1 fully saturated rings. The minimum atomic E-state index is -1.02. The van der Waals surface area contributed by atoms with Gasteiger partial charge in [0, 0.05) is 48.2 Å². The molecule has 7 nitrogen and oxygen atoms in total. The molecule has 0 saturated carbocycles. The first kappa shape index (κ1) is 23.4. The van der Waals surface area contributed by atoms with Crippen molar-refractivity contribution in [2.24, 2.45) is 0 Å². The number of morpholine rings is 1. The van der Waals surface area contributed by atoms with Crippen molar-refractivity contribution in [3.8, 4) is 0 Å². The van der Waals surface area contributed by atoms with Crippen LogP contribution in [0.5, 0.6) is 0 Å². The number of anilines is 1. The highest BCUT2D eigenvalue weighted by Gasteiger charge is 2.29. The zero-order chi connectivity index (χ0) is 23.4. The first-order chi connectivity index (χ1) is 15.8. The number of carbonyl (C=O) groups excluding carboxylic acids is 1. The van der Waals surface area contributed by atoms with Crippen LogP contribution < -0.4 is 5.32 Å². The molecule has 0 bridgehead atoms. The number of aromatic nitrogens is 1. The van der Waals surface area contributed by atoms with Gasteiger partial charge in [0.1, 0.15) is 4.75 Å². The molecule has 1 aromatic heterocycles. The number of rotatable bonds is 8. The number of carboxylic acid groups (broad SMARTS) is 1. The van der Waals surface area contributed by atoms with Gasteiger partial charge in [-0.15, -0.1) is 11.8 Å². The van der Waals surface area contributed by atoms with E-state index < -0.39 is 10.7 Å². The highest BCUT2D eigenvalue weighted by molar-refractivity contribution is 8.01. The first-order valence-electron chi connectivity index (χ1n) is 11.1. The molecule has 2 N–H and O–H groups in total. The van der Waals surface area contributed by atoms with Crippen LogP contribution in [0.1, 0.15) is 24.2 Å². The molecule has 3 aromatic rings. The van der Waals surface area contributed by atoms with Gasteiger partial charge in [0.2, 0.25) is 0 Å². The van der Waals surface area contributed by atoms with E-state index in [1.54, 1.807) is 19.9 Å². The summed E-state index contributed by atoms with van der Waals surface area (Å²) in [7, 11) is 0. The van der Waals surface area contributed by atoms with Gasteiger partial charge in [-0.2, -0.15) is 0 Å². The molecule has 2 heterocycles. The molecule has 1 saturated heterocycles. The molecule has 2 aromatic carbocycles. The Labute approximate surface area is 197 Å². The van der Waals surface area contributed by atoms with E-state index in [1.165, 1.54) is 11.8 Å². The molecule has 0 unspecified atom stereocenters. The molecule has 1 aliphatic heterocycles. The van der Waals surface area contributed by atoms with Crippen LogP contribution in [-0.4, -0.2) is 64.0 Å². The molecule has 174 valence electrons. The van der Waals surface area contributed by atoms with Crippen LogP contribution in [0, 0.1) is 0 Å². The fourth-order valence-electron chi connectivity index (χ4n) is 3.85. The lowest BCUT2D eigenvalue weighted by atomic mass is 10.1. The number of carboxylic acids is 1. The Morgan fingerprint density at radius 3 is 2.52 bits per heavy atom. The van der Waals surface area contributed by atoms with Gasteiger partial charge < -0.3 is 19.7 Å². The van der Waals surface area contributed by atoms with Gasteiger partial charge in [-0.3, -0.25) is 14.5 Å². The Kier molecular flexibility index (Phi) is 7.07. The van der Waals surface area contributed by atoms with Crippen LogP contribution >= 0.6 is 11.8 Å². The fraction of sp³-hybridized carbons (Fsp3) is 0.360. The third-order valence-electron chi connectivity index (χ3n) is 5.81. The molecule has 4 rings (SSSR count). The van der Waals surface area contributed by atoms with Gasteiger partial charge in [-0.05, 0) is 32.0 Å². The molecule has 0 spiro atoms. The summed E-state index contributed by atoms with van der Waals surface area (Å²) in [4.78, 5) is 28.0. The number of benzene rings is 2. The number of aliphatic carboxylic acids is 1. The molecule has 0 atom stereocenters. The maximum Gasteiger partial charge on any atom is 0.319 e. The van der Waals surface area contributed by atoms with Crippen molar-refractivity contribution >= 4 is 40.2 Å². The Morgan fingerprint density at radius 2 is 1.76 bits per heavy atom. The summed E-state index contributed by atoms with van der Waals surface area (Å²) >= 11 is 1.22. The molecule has 1 aliphatic rings. The number of nitrogens with zero attached hydrogens (tertiary/aromatic N) is 2. The summed E-state index contributed by atoms with van der Waals surface area (Å²) in [6.07, 6.45) is 1.91. The third kappa shape index (κ3) is 5.40. The fourth-order valence-corrected chi connectivity index (χ4v) is 4.87. The Morgan fingerprint density at radius 1 is 1.06 bits per heavy atom. The summed E-state index contributed by atoms with van der Waals surface area (Å²) < 4.78 is 6.55. The second-order valence-corrected chi connectivity index (χ2v) is 10.2. The molecule has 1 amide bonds. The Hall–Kier alpha value is -2.81. The average molecular weight is 468 g/mol. The second-order valence-electron chi connectivity index (χ2n) is 8.58. The standard InChI is InChI=1S/C25H29N3O4S/c1-25(2,24(30)31)33-22-10-6-4-8-20(22)26-23(29)19-17-28(21-9-5-3-7-18(19)21)12-11-27-13-15-32-16-14-27/h3-10,17H,11-16H2,1-2H3,(H,26,29)(H,30,31). The van der Waals surface area contributed by atoms with E-state index in [0.717, 1.165) is 50.3 Å². The van der Waals surface area contributed by atoms with E-state index in [1.807, 2.05) is 48.7 Å². The van der Waals surface area contributed by atoms with Crippen molar-refractivity contribution in [1.29, 1.82) is 0 Å². The maximum absolute atomic E-state index is 13.3. The number of carbonyl (C=O) groups is 2. The van der Waals surface area contributed by atoms with E-state index in [-0.39, 0.29) is 5.91 Å². The normalized spacial score (nSPS) is 15.0. The lowest BCUT2D eigenvalue weighted by molar-refractivity contribution is -0.138. The number of thioether (sulfide) groups is 1. The number of fused-ring (bicyclic) bond motifs is 1. The predicted molar refractivity (Wildman–Crippen MR) is 131 cm³/mol. The molecule has 8 heteroatoms. The van der Waals surface area contributed by atoms with Crippen LogP contribution in [0.15, 0.2) is 59.6 Å². The van der Waals surface area contributed by atoms with Crippen LogP contribution in [0.25, 0.3) is 10.9 Å². The topological polar surface area (TPSA) is 83.8 Å². The molecular weight excluding hydrogens is 438 g/mol.